The monoisotopic (exact) mass is 465 g/mol. The number of fused-ring (bicyclic) bond motifs is 1. The quantitative estimate of drug-likeness (QED) is 0.323. The molecule has 0 radical (unpaired) electrons. The van der Waals surface area contributed by atoms with Crippen LogP contribution < -0.4 is 5.32 Å². The zero-order valence-corrected chi connectivity index (χ0v) is 20.0. The normalized spacial score (nSPS) is 17.7. The van der Waals surface area contributed by atoms with Crippen LogP contribution in [-0.4, -0.2) is 33.7 Å². The fourth-order valence-corrected chi connectivity index (χ4v) is 4.86. The molecule has 35 heavy (non-hydrogen) atoms. The number of aromatic nitrogens is 1. The second kappa shape index (κ2) is 8.55. The van der Waals surface area contributed by atoms with E-state index in [4.69, 9.17) is 0 Å². The van der Waals surface area contributed by atoms with E-state index >= 15 is 0 Å². The summed E-state index contributed by atoms with van der Waals surface area (Å²) in [5, 5.41) is 4.84. The SMILES string of the molecule is Cc1cc(C(=O)CN2C(=O)NC(C)(c3ccc4ccccc4c3)C2=O)c(C)n1Cc1ccccc1. The highest BCUT2D eigenvalue weighted by atomic mass is 16.2. The maximum atomic E-state index is 13.4. The van der Waals surface area contributed by atoms with Gasteiger partial charge in [0.1, 0.15) is 5.54 Å². The van der Waals surface area contributed by atoms with Crippen molar-refractivity contribution in [3.8, 4) is 0 Å². The van der Waals surface area contributed by atoms with Crippen LogP contribution in [0.1, 0.15) is 39.8 Å². The molecule has 6 nitrogen and oxygen atoms in total. The summed E-state index contributed by atoms with van der Waals surface area (Å²) >= 11 is 0. The number of Topliss-reactive ketones (excluding diaryl/α,β-unsaturated/α-hetero) is 1. The summed E-state index contributed by atoms with van der Waals surface area (Å²) in [5.74, 6) is -0.687. The van der Waals surface area contributed by atoms with Crippen LogP contribution in [0.4, 0.5) is 4.79 Å². The summed E-state index contributed by atoms with van der Waals surface area (Å²) in [6.45, 7) is 5.89. The minimum absolute atomic E-state index is 0.260. The van der Waals surface area contributed by atoms with Crippen LogP contribution in [0.5, 0.6) is 0 Å². The Kier molecular flexibility index (Phi) is 5.52. The third-order valence-electron chi connectivity index (χ3n) is 6.96. The zero-order chi connectivity index (χ0) is 24.7. The number of nitrogens with one attached hydrogen (secondary N) is 1. The highest BCUT2D eigenvalue weighted by Crippen LogP contribution is 2.31. The number of hydrogen-bond donors (Lipinski definition) is 1. The molecule has 176 valence electrons. The van der Waals surface area contributed by atoms with E-state index in [2.05, 4.69) is 9.88 Å². The number of carbonyl (C=O) groups excluding carboxylic acids is 3. The summed E-state index contributed by atoms with van der Waals surface area (Å²) < 4.78 is 2.08. The lowest BCUT2D eigenvalue weighted by Crippen LogP contribution is -2.41. The Morgan fingerprint density at radius 1 is 0.886 bits per heavy atom. The van der Waals surface area contributed by atoms with E-state index in [1.165, 1.54) is 0 Å². The molecular weight excluding hydrogens is 438 g/mol. The summed E-state index contributed by atoms with van der Waals surface area (Å²) in [6, 6.07) is 24.9. The Balaban J connectivity index is 1.38. The lowest BCUT2D eigenvalue weighted by molar-refractivity contribution is -0.130. The van der Waals surface area contributed by atoms with E-state index in [0.717, 1.165) is 32.6 Å². The molecule has 1 aromatic heterocycles. The first-order chi connectivity index (χ1) is 16.8. The molecule has 1 saturated heterocycles. The van der Waals surface area contributed by atoms with Crippen molar-refractivity contribution in [1.29, 1.82) is 0 Å². The first-order valence-corrected chi connectivity index (χ1v) is 11.6. The maximum absolute atomic E-state index is 13.4. The minimum atomic E-state index is -1.23. The van der Waals surface area contributed by atoms with Crippen LogP contribution in [0.2, 0.25) is 0 Å². The van der Waals surface area contributed by atoms with Crippen molar-refractivity contribution in [2.75, 3.05) is 6.54 Å². The van der Waals surface area contributed by atoms with E-state index < -0.39 is 17.5 Å². The summed E-state index contributed by atoms with van der Waals surface area (Å²) in [5.41, 5.74) is 2.89. The van der Waals surface area contributed by atoms with Crippen molar-refractivity contribution < 1.29 is 14.4 Å². The molecule has 5 rings (SSSR count). The van der Waals surface area contributed by atoms with Gasteiger partial charge in [-0.1, -0.05) is 66.7 Å². The predicted octanol–water partition coefficient (Wildman–Crippen LogP) is 4.96. The fraction of sp³-hybridized carbons (Fsp3) is 0.207. The average molecular weight is 466 g/mol. The van der Waals surface area contributed by atoms with Gasteiger partial charge >= 0.3 is 6.03 Å². The van der Waals surface area contributed by atoms with Gasteiger partial charge in [-0.25, -0.2) is 4.79 Å². The van der Waals surface area contributed by atoms with Crippen LogP contribution >= 0.6 is 0 Å². The van der Waals surface area contributed by atoms with Gasteiger partial charge in [-0.2, -0.15) is 0 Å². The van der Waals surface area contributed by atoms with Crippen molar-refractivity contribution in [2.24, 2.45) is 0 Å². The summed E-state index contributed by atoms with van der Waals surface area (Å²) in [6.07, 6.45) is 0. The number of hydrogen-bond acceptors (Lipinski definition) is 3. The highest BCUT2D eigenvalue weighted by Gasteiger charge is 2.49. The summed E-state index contributed by atoms with van der Waals surface area (Å²) in [4.78, 5) is 40.6. The van der Waals surface area contributed by atoms with Crippen LogP contribution in [-0.2, 0) is 16.9 Å². The lowest BCUT2D eigenvalue weighted by Gasteiger charge is -2.22. The first kappa shape index (κ1) is 22.6. The topological polar surface area (TPSA) is 71.4 Å². The van der Waals surface area contributed by atoms with Gasteiger partial charge in [-0.3, -0.25) is 14.5 Å². The van der Waals surface area contributed by atoms with Gasteiger partial charge in [0, 0.05) is 23.5 Å². The molecule has 1 atom stereocenters. The largest absolute Gasteiger partial charge is 0.344 e. The van der Waals surface area contributed by atoms with E-state index in [-0.39, 0.29) is 12.3 Å². The number of imide groups is 1. The summed E-state index contributed by atoms with van der Waals surface area (Å²) in [7, 11) is 0. The Morgan fingerprint density at radius 3 is 2.31 bits per heavy atom. The second-order valence-corrected chi connectivity index (χ2v) is 9.29. The molecule has 3 aromatic carbocycles. The molecule has 3 amide bonds. The standard InChI is InChI=1S/C29H27N3O3/c1-19-15-25(20(2)31(19)17-21-9-5-4-6-10-21)26(33)18-32-27(34)29(3,30-28(32)35)24-14-13-22-11-7-8-12-23(22)16-24/h4-16H,17-18H2,1-3H3,(H,30,35). The number of urea groups is 1. The fourth-order valence-electron chi connectivity index (χ4n) is 4.86. The second-order valence-electron chi connectivity index (χ2n) is 9.29. The maximum Gasteiger partial charge on any atom is 0.325 e. The molecular formula is C29H27N3O3. The number of benzene rings is 3. The molecule has 1 aliphatic heterocycles. The molecule has 0 spiro atoms. The Morgan fingerprint density at radius 2 is 1.57 bits per heavy atom. The van der Waals surface area contributed by atoms with Gasteiger partial charge < -0.3 is 9.88 Å². The number of rotatable bonds is 6. The van der Waals surface area contributed by atoms with Gasteiger partial charge in [0.05, 0.1) is 6.54 Å². The molecule has 4 aromatic rings. The van der Waals surface area contributed by atoms with Gasteiger partial charge in [-0.05, 0) is 54.8 Å². The minimum Gasteiger partial charge on any atom is -0.344 e. The van der Waals surface area contributed by atoms with Crippen molar-refractivity contribution in [3.05, 3.63) is 107 Å². The Hall–Kier alpha value is -4.19. The first-order valence-electron chi connectivity index (χ1n) is 11.6. The van der Waals surface area contributed by atoms with Gasteiger partial charge in [0.2, 0.25) is 0 Å². The van der Waals surface area contributed by atoms with E-state index in [1.54, 1.807) is 6.92 Å². The van der Waals surface area contributed by atoms with Crippen LogP contribution in [0.25, 0.3) is 10.8 Å². The van der Waals surface area contributed by atoms with E-state index in [0.29, 0.717) is 17.7 Å². The number of nitrogens with zero attached hydrogens (tertiary/aromatic N) is 2. The van der Waals surface area contributed by atoms with E-state index in [9.17, 15) is 14.4 Å². The zero-order valence-electron chi connectivity index (χ0n) is 20.0. The molecule has 1 unspecified atom stereocenters. The molecule has 0 bridgehead atoms. The number of ketones is 1. The Bertz CT molecular complexity index is 1470. The number of carbonyl (C=O) groups is 3. The smallest absolute Gasteiger partial charge is 0.325 e. The van der Waals surface area contributed by atoms with Gasteiger partial charge in [0.25, 0.3) is 5.91 Å². The van der Waals surface area contributed by atoms with Crippen molar-refractivity contribution in [1.82, 2.24) is 14.8 Å². The highest BCUT2D eigenvalue weighted by molar-refractivity contribution is 6.11. The molecule has 2 heterocycles. The van der Waals surface area contributed by atoms with Gasteiger partial charge in [-0.15, -0.1) is 0 Å². The average Bonchev–Trinajstić information content (AvgIpc) is 3.26. The third-order valence-corrected chi connectivity index (χ3v) is 6.96. The van der Waals surface area contributed by atoms with Crippen molar-refractivity contribution in [2.45, 2.75) is 32.9 Å². The molecule has 1 fully saturated rings. The van der Waals surface area contributed by atoms with Crippen LogP contribution in [0, 0.1) is 13.8 Å². The predicted molar refractivity (Wildman–Crippen MR) is 135 cm³/mol. The van der Waals surface area contributed by atoms with Crippen LogP contribution in [0.15, 0.2) is 78.9 Å². The van der Waals surface area contributed by atoms with Crippen molar-refractivity contribution in [3.63, 3.8) is 0 Å². The van der Waals surface area contributed by atoms with Gasteiger partial charge in [0.15, 0.2) is 5.78 Å². The number of aryl methyl sites for hydroxylation is 1. The molecule has 1 aliphatic rings. The Labute approximate surface area is 204 Å². The number of amides is 3. The lowest BCUT2D eigenvalue weighted by atomic mass is 9.90. The molecule has 1 N–H and O–H groups in total. The molecule has 6 heteroatoms. The molecule has 0 saturated carbocycles. The third kappa shape index (κ3) is 3.91. The van der Waals surface area contributed by atoms with Crippen LogP contribution in [0.3, 0.4) is 0 Å². The van der Waals surface area contributed by atoms with E-state index in [1.807, 2.05) is 92.7 Å². The molecule has 0 aliphatic carbocycles. The van der Waals surface area contributed by atoms with Crippen molar-refractivity contribution >= 4 is 28.5 Å².